The Morgan fingerprint density at radius 1 is 1.26 bits per heavy atom. The third-order valence-corrected chi connectivity index (χ3v) is 6.15. The number of aromatic carboxylic acids is 1. The van der Waals surface area contributed by atoms with Crippen molar-refractivity contribution in [1.82, 2.24) is 9.47 Å². The highest BCUT2D eigenvalue weighted by Crippen LogP contribution is 2.32. The average molecular weight is 373 g/mol. The molecule has 2 atom stereocenters. The Kier molecular flexibility index (Phi) is 4.42. The van der Waals surface area contributed by atoms with Crippen molar-refractivity contribution in [3.8, 4) is 0 Å². The Hall–Kier alpha value is -2.41. The van der Waals surface area contributed by atoms with Crippen LogP contribution in [0.2, 0.25) is 0 Å². The van der Waals surface area contributed by atoms with E-state index in [0.717, 1.165) is 31.6 Å². The van der Waals surface area contributed by atoms with Crippen molar-refractivity contribution in [2.24, 2.45) is 0 Å². The number of fused-ring (bicyclic) bond motifs is 3. The van der Waals surface area contributed by atoms with E-state index in [-0.39, 0.29) is 5.39 Å². The number of carbonyl (C=O) groups is 1. The first-order chi connectivity index (χ1) is 12.9. The summed E-state index contributed by atoms with van der Waals surface area (Å²) in [7, 11) is 2.16. The van der Waals surface area contributed by atoms with E-state index in [1.165, 1.54) is 18.7 Å². The number of carboxylic acid groups (broad SMARTS) is 1. The van der Waals surface area contributed by atoms with Crippen LogP contribution >= 0.6 is 0 Å². The highest BCUT2D eigenvalue weighted by atomic mass is 19.1. The van der Waals surface area contributed by atoms with Gasteiger partial charge in [0.05, 0.1) is 10.9 Å². The number of carboxylic acids is 1. The van der Waals surface area contributed by atoms with Gasteiger partial charge >= 0.3 is 5.97 Å². The Morgan fingerprint density at radius 2 is 1.93 bits per heavy atom. The molecule has 4 rings (SSSR count). The maximum absolute atomic E-state index is 14.9. The molecule has 6 nitrogen and oxygen atoms in total. The third-order valence-electron chi connectivity index (χ3n) is 6.15. The molecular weight excluding hydrogens is 349 g/mol. The number of rotatable bonds is 3. The van der Waals surface area contributed by atoms with Crippen molar-refractivity contribution >= 4 is 22.6 Å². The maximum Gasteiger partial charge on any atom is 0.341 e. The van der Waals surface area contributed by atoms with E-state index in [4.69, 9.17) is 0 Å². The smallest absolute Gasteiger partial charge is 0.341 e. The van der Waals surface area contributed by atoms with E-state index in [1.807, 2.05) is 13.0 Å². The summed E-state index contributed by atoms with van der Waals surface area (Å²) in [6.07, 6.45) is 4.82. The number of piperazine rings is 1. The molecule has 2 aliphatic heterocycles. The molecular formula is C20H24FN3O3. The number of aromatic nitrogens is 1. The molecule has 3 heterocycles. The highest BCUT2D eigenvalue weighted by molar-refractivity contribution is 5.93. The van der Waals surface area contributed by atoms with E-state index < -0.39 is 22.8 Å². The largest absolute Gasteiger partial charge is 0.477 e. The lowest BCUT2D eigenvalue weighted by Gasteiger charge is -2.49. The van der Waals surface area contributed by atoms with Gasteiger partial charge in [-0.05, 0) is 38.9 Å². The molecule has 0 aliphatic carbocycles. The predicted molar refractivity (Wildman–Crippen MR) is 102 cm³/mol. The molecule has 2 saturated heterocycles. The first-order valence-electron chi connectivity index (χ1n) is 9.47. The van der Waals surface area contributed by atoms with Crippen molar-refractivity contribution in [3.05, 3.63) is 39.9 Å². The van der Waals surface area contributed by atoms with Crippen LogP contribution in [0.5, 0.6) is 0 Å². The minimum atomic E-state index is -1.33. The first kappa shape index (κ1) is 18.0. The second-order valence-corrected chi connectivity index (χ2v) is 7.59. The van der Waals surface area contributed by atoms with Gasteiger partial charge in [-0.15, -0.1) is 0 Å². The Morgan fingerprint density at radius 3 is 2.52 bits per heavy atom. The van der Waals surface area contributed by atoms with E-state index in [0.29, 0.717) is 24.1 Å². The van der Waals surface area contributed by atoms with Gasteiger partial charge in [-0.3, -0.25) is 9.69 Å². The van der Waals surface area contributed by atoms with Crippen LogP contribution in [0, 0.1) is 5.82 Å². The van der Waals surface area contributed by atoms with Gasteiger partial charge in [0.2, 0.25) is 5.43 Å². The van der Waals surface area contributed by atoms with Crippen LogP contribution in [-0.4, -0.2) is 52.8 Å². The lowest BCUT2D eigenvalue weighted by Crippen LogP contribution is -2.59. The van der Waals surface area contributed by atoms with Crippen molar-refractivity contribution in [1.29, 1.82) is 0 Å². The number of anilines is 1. The van der Waals surface area contributed by atoms with E-state index in [2.05, 4.69) is 16.8 Å². The zero-order valence-corrected chi connectivity index (χ0v) is 15.6. The zero-order chi connectivity index (χ0) is 19.3. The SMILES string of the molecule is CCn1cc(C(=O)O)c(=O)c2c(F)cc(N3CC4CCCC(C3)N4C)cc21. The van der Waals surface area contributed by atoms with Gasteiger partial charge in [0.1, 0.15) is 11.4 Å². The molecule has 144 valence electrons. The van der Waals surface area contributed by atoms with Crippen molar-refractivity contribution in [2.45, 2.75) is 44.8 Å². The number of aryl methyl sites for hydroxylation is 1. The van der Waals surface area contributed by atoms with Crippen LogP contribution in [0.4, 0.5) is 10.1 Å². The molecule has 0 radical (unpaired) electrons. The third kappa shape index (κ3) is 2.90. The number of halogens is 1. The molecule has 2 unspecified atom stereocenters. The predicted octanol–water partition coefficient (Wildman–Crippen LogP) is 2.53. The summed E-state index contributed by atoms with van der Waals surface area (Å²) in [4.78, 5) is 28.5. The lowest BCUT2D eigenvalue weighted by atomic mass is 9.91. The van der Waals surface area contributed by atoms with Crippen LogP contribution < -0.4 is 10.3 Å². The molecule has 27 heavy (non-hydrogen) atoms. The molecule has 2 bridgehead atoms. The molecule has 7 heteroatoms. The van der Waals surface area contributed by atoms with Crippen LogP contribution in [0.25, 0.3) is 10.9 Å². The van der Waals surface area contributed by atoms with Crippen LogP contribution in [-0.2, 0) is 6.54 Å². The van der Waals surface area contributed by atoms with Gasteiger partial charge in [-0.1, -0.05) is 6.42 Å². The molecule has 0 amide bonds. The minimum Gasteiger partial charge on any atom is -0.477 e. The quantitative estimate of drug-likeness (QED) is 0.896. The molecule has 1 N–H and O–H groups in total. The fourth-order valence-corrected chi connectivity index (χ4v) is 4.57. The van der Waals surface area contributed by atoms with E-state index in [1.54, 1.807) is 4.57 Å². The Bertz CT molecular complexity index is 957. The summed E-state index contributed by atoms with van der Waals surface area (Å²) in [6.45, 7) is 3.97. The second-order valence-electron chi connectivity index (χ2n) is 7.59. The summed E-state index contributed by atoms with van der Waals surface area (Å²) >= 11 is 0. The summed E-state index contributed by atoms with van der Waals surface area (Å²) < 4.78 is 16.6. The van der Waals surface area contributed by atoms with Crippen molar-refractivity contribution < 1.29 is 14.3 Å². The normalized spacial score (nSPS) is 23.0. The van der Waals surface area contributed by atoms with Crippen LogP contribution in [0.1, 0.15) is 36.5 Å². The fourth-order valence-electron chi connectivity index (χ4n) is 4.57. The molecule has 0 saturated carbocycles. The topological polar surface area (TPSA) is 65.8 Å². The lowest BCUT2D eigenvalue weighted by molar-refractivity contribution is 0.0695. The van der Waals surface area contributed by atoms with Gasteiger partial charge in [0, 0.05) is 43.6 Å². The Labute approximate surface area is 156 Å². The summed E-state index contributed by atoms with van der Waals surface area (Å²) in [5.41, 5.74) is 0.0490. The van der Waals surface area contributed by atoms with E-state index >= 15 is 0 Å². The van der Waals surface area contributed by atoms with Crippen molar-refractivity contribution in [2.75, 3.05) is 25.0 Å². The summed E-state index contributed by atoms with van der Waals surface area (Å²) in [5, 5.41) is 9.12. The van der Waals surface area contributed by atoms with E-state index in [9.17, 15) is 19.1 Å². The fraction of sp³-hybridized carbons (Fsp3) is 0.500. The number of nitrogens with zero attached hydrogens (tertiary/aromatic N) is 3. The molecule has 1 aromatic carbocycles. The average Bonchev–Trinajstić information content (AvgIpc) is 2.61. The highest BCUT2D eigenvalue weighted by Gasteiger charge is 2.35. The van der Waals surface area contributed by atoms with Gasteiger partial charge < -0.3 is 14.6 Å². The Balaban J connectivity index is 1.83. The van der Waals surface area contributed by atoms with Gasteiger partial charge in [-0.25, -0.2) is 9.18 Å². The molecule has 2 aliphatic rings. The molecule has 2 aromatic rings. The monoisotopic (exact) mass is 373 g/mol. The maximum atomic E-state index is 14.9. The van der Waals surface area contributed by atoms with Crippen LogP contribution in [0.15, 0.2) is 23.1 Å². The summed E-state index contributed by atoms with van der Waals surface area (Å²) in [6, 6.07) is 4.13. The second kappa shape index (κ2) is 6.64. The number of pyridine rings is 1. The number of benzene rings is 1. The zero-order valence-electron chi connectivity index (χ0n) is 15.6. The standard InChI is InChI=1S/C20H24FN3O3/c1-3-23-11-15(20(26)27)19(25)18-16(21)7-14(8-17(18)23)24-9-12-5-4-6-13(10-24)22(12)2/h7-8,11-13H,3-6,9-10H2,1-2H3,(H,26,27). The minimum absolute atomic E-state index is 0.144. The van der Waals surface area contributed by atoms with Gasteiger partial charge in [-0.2, -0.15) is 0 Å². The van der Waals surface area contributed by atoms with Crippen molar-refractivity contribution in [3.63, 3.8) is 0 Å². The molecule has 0 spiro atoms. The number of piperidine rings is 1. The number of hydrogen-bond donors (Lipinski definition) is 1. The number of hydrogen-bond acceptors (Lipinski definition) is 4. The number of likely N-dealkylation sites (N-methyl/N-ethyl adjacent to an activating group) is 1. The molecule has 1 aromatic heterocycles. The van der Waals surface area contributed by atoms with Crippen LogP contribution in [0.3, 0.4) is 0 Å². The van der Waals surface area contributed by atoms with Gasteiger partial charge in [0.25, 0.3) is 0 Å². The first-order valence-corrected chi connectivity index (χ1v) is 9.47. The summed E-state index contributed by atoms with van der Waals surface area (Å²) in [5.74, 6) is -1.98. The molecule has 2 fully saturated rings. The van der Waals surface area contributed by atoms with Gasteiger partial charge in [0.15, 0.2) is 0 Å².